The van der Waals surface area contributed by atoms with Crippen molar-refractivity contribution < 1.29 is 4.79 Å². The molecule has 1 N–H and O–H groups in total. The van der Waals surface area contributed by atoms with E-state index in [1.807, 2.05) is 0 Å². The predicted molar refractivity (Wildman–Crippen MR) is 108 cm³/mol. The van der Waals surface area contributed by atoms with Gasteiger partial charge in [0, 0.05) is 18.5 Å². The number of nitrogens with one attached hydrogen (secondary N) is 1. The number of hydrogen-bond donors (Lipinski definition) is 1. The van der Waals surface area contributed by atoms with Crippen molar-refractivity contribution in [2.45, 2.75) is 57.9 Å². The van der Waals surface area contributed by atoms with Crippen LogP contribution in [0.3, 0.4) is 0 Å². The van der Waals surface area contributed by atoms with Crippen molar-refractivity contribution in [1.82, 2.24) is 10.2 Å². The molecule has 4 bridgehead atoms. The van der Waals surface area contributed by atoms with Crippen molar-refractivity contribution in [3.8, 4) is 0 Å². The van der Waals surface area contributed by atoms with E-state index < -0.39 is 0 Å². The highest BCUT2D eigenvalue weighted by atomic mass is 16.2. The summed E-state index contributed by atoms with van der Waals surface area (Å²) in [5.74, 6) is 3.62. The molecule has 3 heteroatoms. The number of carbonyl (C=O) groups excluding carboxylic acids is 1. The van der Waals surface area contributed by atoms with Crippen LogP contribution in [0.5, 0.6) is 0 Å². The van der Waals surface area contributed by atoms with Gasteiger partial charge in [-0.1, -0.05) is 30.3 Å². The molecule has 0 aromatic heterocycles. The summed E-state index contributed by atoms with van der Waals surface area (Å²) in [6, 6.07) is 10.8. The topological polar surface area (TPSA) is 32.3 Å². The number of carbonyl (C=O) groups is 1. The second kappa shape index (κ2) is 7.24. The highest BCUT2D eigenvalue weighted by Crippen LogP contribution is 2.60. The average molecular weight is 367 g/mol. The first-order valence-corrected chi connectivity index (χ1v) is 11.2. The lowest BCUT2D eigenvalue weighted by molar-refractivity contribution is -0.146. The quantitative estimate of drug-likeness (QED) is 0.846. The lowest BCUT2D eigenvalue weighted by atomic mass is 9.49. The number of benzene rings is 1. The van der Waals surface area contributed by atoms with Crippen LogP contribution in [0.25, 0.3) is 0 Å². The monoisotopic (exact) mass is 366 g/mol. The number of hydrogen-bond acceptors (Lipinski definition) is 2. The van der Waals surface area contributed by atoms with E-state index in [1.54, 1.807) is 0 Å². The van der Waals surface area contributed by atoms with E-state index in [2.05, 4.69) is 40.5 Å². The zero-order chi connectivity index (χ0) is 18.3. The molecular weight excluding hydrogens is 332 g/mol. The fraction of sp³-hybridized carbons (Fsp3) is 0.708. The van der Waals surface area contributed by atoms with Crippen LogP contribution >= 0.6 is 0 Å². The van der Waals surface area contributed by atoms with Crippen LogP contribution < -0.4 is 5.32 Å². The first-order chi connectivity index (χ1) is 13.2. The predicted octanol–water partition coefficient (Wildman–Crippen LogP) is 4.23. The molecule has 1 heterocycles. The third kappa shape index (κ3) is 3.68. The Labute approximate surface area is 163 Å². The summed E-state index contributed by atoms with van der Waals surface area (Å²) in [6.45, 7) is 4.28. The summed E-state index contributed by atoms with van der Waals surface area (Å²) in [5, 5.41) is 3.42. The van der Waals surface area contributed by atoms with E-state index in [4.69, 9.17) is 0 Å². The Morgan fingerprint density at radius 2 is 1.56 bits per heavy atom. The van der Waals surface area contributed by atoms with Crippen LogP contribution in [0, 0.1) is 29.1 Å². The number of piperidine rings is 1. The van der Waals surface area contributed by atoms with E-state index in [0.29, 0.717) is 11.8 Å². The number of nitrogens with zero attached hydrogens (tertiary/aromatic N) is 1. The van der Waals surface area contributed by atoms with Gasteiger partial charge in [0.25, 0.3) is 0 Å². The minimum absolute atomic E-state index is 0.0166. The highest BCUT2D eigenvalue weighted by molar-refractivity contribution is 5.83. The van der Waals surface area contributed by atoms with Gasteiger partial charge >= 0.3 is 0 Å². The molecule has 0 radical (unpaired) electrons. The summed E-state index contributed by atoms with van der Waals surface area (Å²) >= 11 is 0. The lowest BCUT2D eigenvalue weighted by Crippen LogP contribution is -2.54. The van der Waals surface area contributed by atoms with Gasteiger partial charge in [-0.25, -0.2) is 0 Å². The smallest absolute Gasteiger partial charge is 0.226 e. The van der Waals surface area contributed by atoms with E-state index in [9.17, 15) is 4.79 Å². The summed E-state index contributed by atoms with van der Waals surface area (Å²) in [4.78, 5) is 15.7. The third-order valence-electron chi connectivity index (χ3n) is 8.03. The van der Waals surface area contributed by atoms with Gasteiger partial charge in [-0.3, -0.25) is 9.69 Å². The molecule has 0 unspecified atom stereocenters. The summed E-state index contributed by atoms with van der Waals surface area (Å²) < 4.78 is 0. The Morgan fingerprint density at radius 1 is 0.963 bits per heavy atom. The summed E-state index contributed by atoms with van der Waals surface area (Å²) in [7, 11) is 0. The molecule has 4 saturated carbocycles. The van der Waals surface area contributed by atoms with Crippen LogP contribution in [0.4, 0.5) is 0 Å². The van der Waals surface area contributed by atoms with Gasteiger partial charge in [0.1, 0.15) is 0 Å². The summed E-state index contributed by atoms with van der Waals surface area (Å²) in [6.07, 6.45) is 10.2. The Kier molecular flexibility index (Phi) is 4.75. The van der Waals surface area contributed by atoms with Crippen LogP contribution in [-0.2, 0) is 11.3 Å². The molecule has 4 aliphatic carbocycles. The first-order valence-electron chi connectivity index (χ1n) is 11.2. The molecule has 1 aliphatic heterocycles. The van der Waals surface area contributed by atoms with Gasteiger partial charge in [-0.2, -0.15) is 0 Å². The van der Waals surface area contributed by atoms with Crippen molar-refractivity contribution >= 4 is 5.91 Å². The van der Waals surface area contributed by atoms with Gasteiger partial charge in [-0.05, 0) is 93.7 Å². The van der Waals surface area contributed by atoms with Gasteiger partial charge in [0.2, 0.25) is 5.91 Å². The Hall–Kier alpha value is -1.35. The number of rotatable bonds is 5. The molecule has 3 nitrogen and oxygen atoms in total. The highest BCUT2D eigenvalue weighted by Gasteiger charge is 2.54. The van der Waals surface area contributed by atoms with Gasteiger partial charge in [0.15, 0.2) is 0 Å². The summed E-state index contributed by atoms with van der Waals surface area (Å²) in [5.41, 5.74) is 1.43. The van der Waals surface area contributed by atoms with Crippen molar-refractivity contribution in [2.24, 2.45) is 29.1 Å². The maximum absolute atomic E-state index is 13.1. The minimum Gasteiger partial charge on any atom is -0.355 e. The van der Waals surface area contributed by atoms with Crippen molar-refractivity contribution in [1.29, 1.82) is 0 Å². The van der Waals surface area contributed by atoms with E-state index in [-0.39, 0.29) is 5.41 Å². The van der Waals surface area contributed by atoms with Crippen LogP contribution in [0.15, 0.2) is 30.3 Å². The minimum atomic E-state index is 0.0166. The van der Waals surface area contributed by atoms with Crippen molar-refractivity contribution in [3.63, 3.8) is 0 Å². The Bertz CT molecular complexity index is 627. The van der Waals surface area contributed by atoms with Gasteiger partial charge in [-0.15, -0.1) is 0 Å². The Morgan fingerprint density at radius 3 is 2.15 bits per heavy atom. The first kappa shape index (κ1) is 17.7. The van der Waals surface area contributed by atoms with E-state index in [0.717, 1.165) is 43.9 Å². The fourth-order valence-electron chi connectivity index (χ4n) is 7.00. The standard InChI is InChI=1S/C24H34N2O/c27-23(24-13-20-10-21(14-24)12-22(11-20)15-24)25-16-18-6-8-26(9-7-18)17-19-4-2-1-3-5-19/h1-5,18,20-22H,6-17H2,(H,25,27). The van der Waals surface area contributed by atoms with Crippen LogP contribution in [0.2, 0.25) is 0 Å². The average Bonchev–Trinajstić information content (AvgIpc) is 2.67. The fourth-order valence-corrected chi connectivity index (χ4v) is 7.00. The number of amides is 1. The zero-order valence-corrected chi connectivity index (χ0v) is 16.5. The molecule has 1 aromatic carbocycles. The maximum atomic E-state index is 13.1. The Balaban J connectivity index is 1.09. The molecule has 6 rings (SSSR count). The molecule has 146 valence electrons. The normalized spacial score (nSPS) is 36.1. The molecule has 1 aromatic rings. The molecule has 5 aliphatic rings. The molecule has 0 spiro atoms. The molecule has 27 heavy (non-hydrogen) atoms. The largest absolute Gasteiger partial charge is 0.355 e. The third-order valence-corrected chi connectivity index (χ3v) is 8.03. The molecule has 5 fully saturated rings. The van der Waals surface area contributed by atoms with Gasteiger partial charge in [0.05, 0.1) is 0 Å². The zero-order valence-electron chi connectivity index (χ0n) is 16.5. The molecule has 1 amide bonds. The lowest BCUT2D eigenvalue weighted by Gasteiger charge is -2.55. The van der Waals surface area contributed by atoms with Crippen molar-refractivity contribution in [3.05, 3.63) is 35.9 Å². The molecule has 1 saturated heterocycles. The second-order valence-electron chi connectivity index (χ2n) is 10.1. The molecular formula is C24H34N2O. The van der Waals surface area contributed by atoms with Crippen LogP contribution in [-0.4, -0.2) is 30.4 Å². The second-order valence-corrected chi connectivity index (χ2v) is 10.1. The number of likely N-dealkylation sites (tertiary alicyclic amines) is 1. The SMILES string of the molecule is O=C(NCC1CCN(Cc2ccccc2)CC1)C12CC3CC(CC(C3)C1)C2. The van der Waals surface area contributed by atoms with Crippen molar-refractivity contribution in [2.75, 3.05) is 19.6 Å². The molecule has 0 atom stereocenters. The van der Waals surface area contributed by atoms with Crippen LogP contribution in [0.1, 0.15) is 56.9 Å². The van der Waals surface area contributed by atoms with Gasteiger partial charge < -0.3 is 5.32 Å². The van der Waals surface area contributed by atoms with E-state index >= 15 is 0 Å². The maximum Gasteiger partial charge on any atom is 0.226 e. The van der Waals surface area contributed by atoms with E-state index in [1.165, 1.54) is 56.9 Å².